The van der Waals surface area contributed by atoms with Gasteiger partial charge in [-0.3, -0.25) is 5.73 Å². The molecule has 10 heavy (non-hydrogen) atoms. The first-order valence-electron chi connectivity index (χ1n) is 2.96. The van der Waals surface area contributed by atoms with E-state index in [1.807, 2.05) is 0 Å². The molecule has 0 amide bonds. The molecule has 0 spiro atoms. The first-order valence-corrected chi connectivity index (χ1v) is 2.96. The predicted molar refractivity (Wildman–Crippen MR) is 36.3 cm³/mol. The maximum absolute atomic E-state index is 5.35. The van der Waals surface area contributed by atoms with Gasteiger partial charge in [0.05, 0.1) is 12.4 Å². The standard InChI is InChI=1S/C6H9N3O/c1-5(7)10-6-2-8-4-9-3-6/h2-5H,7H2,1H3. The second kappa shape index (κ2) is 3.12. The first kappa shape index (κ1) is 6.95. The number of aromatic nitrogens is 2. The zero-order valence-corrected chi connectivity index (χ0v) is 5.69. The summed E-state index contributed by atoms with van der Waals surface area (Å²) in [5.41, 5.74) is 5.35. The van der Waals surface area contributed by atoms with Crippen LogP contribution in [0.1, 0.15) is 6.92 Å². The van der Waals surface area contributed by atoms with Gasteiger partial charge in [-0.1, -0.05) is 0 Å². The van der Waals surface area contributed by atoms with Crippen molar-refractivity contribution in [2.24, 2.45) is 5.73 Å². The third-order valence-corrected chi connectivity index (χ3v) is 0.859. The Morgan fingerprint density at radius 3 is 2.60 bits per heavy atom. The molecule has 2 N–H and O–H groups in total. The van der Waals surface area contributed by atoms with Crippen LogP contribution in [-0.2, 0) is 0 Å². The molecule has 54 valence electrons. The number of ether oxygens (including phenoxy) is 1. The molecule has 1 rings (SSSR count). The molecule has 0 saturated carbocycles. The van der Waals surface area contributed by atoms with Gasteiger partial charge >= 0.3 is 0 Å². The highest BCUT2D eigenvalue weighted by molar-refractivity contribution is 5.09. The summed E-state index contributed by atoms with van der Waals surface area (Å²) in [7, 11) is 0. The molecule has 0 bridgehead atoms. The van der Waals surface area contributed by atoms with Crippen molar-refractivity contribution in [1.82, 2.24) is 9.97 Å². The highest BCUT2D eigenvalue weighted by Gasteiger charge is 1.94. The van der Waals surface area contributed by atoms with Gasteiger partial charge in [-0.25, -0.2) is 9.97 Å². The fraction of sp³-hybridized carbons (Fsp3) is 0.333. The maximum atomic E-state index is 5.35. The molecular formula is C6H9N3O. The lowest BCUT2D eigenvalue weighted by Gasteiger charge is -2.06. The smallest absolute Gasteiger partial charge is 0.158 e. The van der Waals surface area contributed by atoms with Gasteiger partial charge in [-0.2, -0.15) is 0 Å². The third kappa shape index (κ3) is 1.99. The Bertz CT molecular complexity index is 187. The summed E-state index contributed by atoms with van der Waals surface area (Å²) in [6, 6.07) is 0. The number of rotatable bonds is 2. The summed E-state index contributed by atoms with van der Waals surface area (Å²) in [6.45, 7) is 1.74. The van der Waals surface area contributed by atoms with Crippen LogP contribution in [-0.4, -0.2) is 16.2 Å². The summed E-state index contributed by atoms with van der Waals surface area (Å²) >= 11 is 0. The van der Waals surface area contributed by atoms with Crippen LogP contribution in [0.2, 0.25) is 0 Å². The molecule has 4 nitrogen and oxygen atoms in total. The number of nitrogens with zero attached hydrogens (tertiary/aromatic N) is 2. The highest BCUT2D eigenvalue weighted by Crippen LogP contribution is 2.04. The second-order valence-corrected chi connectivity index (χ2v) is 1.90. The summed E-state index contributed by atoms with van der Waals surface area (Å²) in [6.07, 6.45) is 4.26. The van der Waals surface area contributed by atoms with Gasteiger partial charge in [-0.15, -0.1) is 0 Å². The van der Waals surface area contributed by atoms with E-state index in [1.165, 1.54) is 6.33 Å². The molecule has 0 aromatic carbocycles. The van der Waals surface area contributed by atoms with Gasteiger partial charge in [0, 0.05) is 0 Å². The van der Waals surface area contributed by atoms with Crippen LogP contribution in [0, 0.1) is 0 Å². The van der Waals surface area contributed by atoms with Crippen LogP contribution >= 0.6 is 0 Å². The van der Waals surface area contributed by atoms with Gasteiger partial charge in [0.15, 0.2) is 5.75 Å². The molecule has 1 atom stereocenters. The van der Waals surface area contributed by atoms with Crippen molar-refractivity contribution in [3.8, 4) is 5.75 Å². The Balaban J connectivity index is 2.59. The van der Waals surface area contributed by atoms with Crippen molar-refractivity contribution in [3.05, 3.63) is 18.7 Å². The normalized spacial score (nSPS) is 12.6. The lowest BCUT2D eigenvalue weighted by atomic mass is 10.6. The van der Waals surface area contributed by atoms with E-state index < -0.39 is 0 Å². The van der Waals surface area contributed by atoms with Gasteiger partial charge < -0.3 is 4.74 Å². The summed E-state index contributed by atoms with van der Waals surface area (Å²) in [4.78, 5) is 7.49. The molecule has 0 fully saturated rings. The minimum absolute atomic E-state index is 0.314. The first-order chi connectivity index (χ1) is 4.79. The second-order valence-electron chi connectivity index (χ2n) is 1.90. The van der Waals surface area contributed by atoms with E-state index in [4.69, 9.17) is 10.5 Å². The van der Waals surface area contributed by atoms with Crippen LogP contribution in [0.25, 0.3) is 0 Å². The Hall–Kier alpha value is -1.16. The van der Waals surface area contributed by atoms with E-state index in [0.717, 1.165) is 0 Å². The summed E-state index contributed by atoms with van der Waals surface area (Å²) in [5, 5.41) is 0. The monoisotopic (exact) mass is 139 g/mol. The van der Waals surface area contributed by atoms with Gasteiger partial charge in [0.1, 0.15) is 12.6 Å². The SMILES string of the molecule is CC(N)Oc1cncnc1. The fourth-order valence-electron chi connectivity index (χ4n) is 0.561. The van der Waals surface area contributed by atoms with Crippen molar-refractivity contribution in [1.29, 1.82) is 0 Å². The summed E-state index contributed by atoms with van der Waals surface area (Å²) in [5.74, 6) is 0.595. The average Bonchev–Trinajstić information content (AvgIpc) is 1.88. The molecule has 1 heterocycles. The van der Waals surface area contributed by atoms with Crippen LogP contribution in [0.15, 0.2) is 18.7 Å². The zero-order chi connectivity index (χ0) is 7.40. The number of hydrogen-bond acceptors (Lipinski definition) is 4. The van der Waals surface area contributed by atoms with E-state index in [0.29, 0.717) is 5.75 Å². The Morgan fingerprint density at radius 1 is 1.50 bits per heavy atom. The van der Waals surface area contributed by atoms with E-state index in [1.54, 1.807) is 19.3 Å². The molecule has 4 heteroatoms. The van der Waals surface area contributed by atoms with Crippen LogP contribution in [0.3, 0.4) is 0 Å². The van der Waals surface area contributed by atoms with E-state index >= 15 is 0 Å². The van der Waals surface area contributed by atoms with E-state index in [9.17, 15) is 0 Å². The molecule has 0 aliphatic carbocycles. The maximum Gasteiger partial charge on any atom is 0.158 e. The molecule has 0 aliphatic heterocycles. The molecular weight excluding hydrogens is 130 g/mol. The fourth-order valence-corrected chi connectivity index (χ4v) is 0.561. The number of hydrogen-bond donors (Lipinski definition) is 1. The van der Waals surface area contributed by atoms with E-state index in [2.05, 4.69) is 9.97 Å². The van der Waals surface area contributed by atoms with Crippen LogP contribution in [0.5, 0.6) is 5.75 Å². The van der Waals surface area contributed by atoms with Gasteiger partial charge in [0.2, 0.25) is 0 Å². The van der Waals surface area contributed by atoms with Crippen molar-refractivity contribution >= 4 is 0 Å². The third-order valence-electron chi connectivity index (χ3n) is 0.859. The molecule has 0 saturated heterocycles. The lowest BCUT2D eigenvalue weighted by Crippen LogP contribution is -2.22. The largest absolute Gasteiger partial charge is 0.473 e. The molecule has 1 aromatic heterocycles. The average molecular weight is 139 g/mol. The highest BCUT2D eigenvalue weighted by atomic mass is 16.5. The predicted octanol–water partition coefficient (Wildman–Crippen LogP) is 0.160. The van der Waals surface area contributed by atoms with Gasteiger partial charge in [-0.05, 0) is 6.92 Å². The molecule has 0 aliphatic rings. The van der Waals surface area contributed by atoms with Gasteiger partial charge in [0.25, 0.3) is 0 Å². The van der Waals surface area contributed by atoms with E-state index in [-0.39, 0.29) is 6.23 Å². The van der Waals surface area contributed by atoms with Crippen molar-refractivity contribution in [2.75, 3.05) is 0 Å². The van der Waals surface area contributed by atoms with Crippen molar-refractivity contribution < 1.29 is 4.74 Å². The lowest BCUT2D eigenvalue weighted by molar-refractivity contribution is 0.228. The summed E-state index contributed by atoms with van der Waals surface area (Å²) < 4.78 is 5.07. The van der Waals surface area contributed by atoms with Crippen molar-refractivity contribution in [3.63, 3.8) is 0 Å². The number of nitrogens with two attached hydrogens (primary N) is 1. The Labute approximate surface area is 59.1 Å². The molecule has 0 radical (unpaired) electrons. The molecule has 1 unspecified atom stereocenters. The molecule has 1 aromatic rings. The topological polar surface area (TPSA) is 61.0 Å². The van der Waals surface area contributed by atoms with Crippen LogP contribution in [0.4, 0.5) is 0 Å². The Morgan fingerprint density at radius 2 is 2.10 bits per heavy atom. The zero-order valence-electron chi connectivity index (χ0n) is 5.69. The minimum atomic E-state index is -0.314. The van der Waals surface area contributed by atoms with Crippen molar-refractivity contribution in [2.45, 2.75) is 13.2 Å². The Kier molecular flexibility index (Phi) is 2.17. The quantitative estimate of drug-likeness (QED) is 0.593. The van der Waals surface area contributed by atoms with Crippen LogP contribution < -0.4 is 10.5 Å². The minimum Gasteiger partial charge on any atom is -0.473 e.